The normalized spacial score (nSPS) is 13.0. The van der Waals surface area contributed by atoms with Gasteiger partial charge in [0.25, 0.3) is 0 Å². The first kappa shape index (κ1) is 24.1. The Balaban J connectivity index is 2.90. The van der Waals surface area contributed by atoms with Gasteiger partial charge in [-0.1, -0.05) is 31.0 Å². The fourth-order valence-electron chi connectivity index (χ4n) is 2.44. The van der Waals surface area contributed by atoms with Gasteiger partial charge in [-0.05, 0) is 46.2 Å². The molecule has 0 unspecified atom stereocenters. The summed E-state index contributed by atoms with van der Waals surface area (Å²) in [4.78, 5) is 24.4. The molecule has 0 aliphatic heterocycles. The summed E-state index contributed by atoms with van der Waals surface area (Å²) >= 11 is 0. The quantitative estimate of drug-likeness (QED) is 0.454. The number of hydrogen-bond donors (Lipinski definition) is 2. The van der Waals surface area contributed by atoms with Crippen molar-refractivity contribution in [3.05, 3.63) is 29.8 Å². The van der Waals surface area contributed by atoms with Crippen LogP contribution in [0, 0.1) is 6.92 Å². The molecule has 0 aromatic heterocycles. The molecule has 0 aliphatic rings. The summed E-state index contributed by atoms with van der Waals surface area (Å²) in [6.07, 6.45) is 1.23. The zero-order valence-electron chi connectivity index (χ0n) is 17.4. The molecule has 7 nitrogen and oxygen atoms in total. The van der Waals surface area contributed by atoms with Gasteiger partial charge in [0.05, 0.1) is 17.9 Å². The zero-order valence-corrected chi connectivity index (χ0v) is 18.2. The topological polar surface area (TPSA) is 102 Å². The van der Waals surface area contributed by atoms with Crippen molar-refractivity contribution in [1.29, 1.82) is 0 Å². The average molecular weight is 413 g/mol. The van der Waals surface area contributed by atoms with Crippen LogP contribution in [0.25, 0.3) is 0 Å². The van der Waals surface area contributed by atoms with Crippen molar-refractivity contribution in [2.24, 2.45) is 0 Å². The highest BCUT2D eigenvalue weighted by Crippen LogP contribution is 2.13. The zero-order chi connectivity index (χ0) is 21.4. The SMILES string of the molecule is CCCCOC(=O)C[C@@H](CC(=O)NC(C)(C)C)NS(=O)(=O)c1ccc(C)cc1. The molecule has 0 heterocycles. The molecule has 1 aromatic rings. The van der Waals surface area contributed by atoms with Crippen LogP contribution in [0.5, 0.6) is 0 Å². The lowest BCUT2D eigenvalue weighted by Gasteiger charge is -2.23. The van der Waals surface area contributed by atoms with Crippen LogP contribution >= 0.6 is 0 Å². The number of unbranched alkanes of at least 4 members (excludes halogenated alkanes) is 1. The highest BCUT2D eigenvalue weighted by molar-refractivity contribution is 7.89. The highest BCUT2D eigenvalue weighted by Gasteiger charge is 2.26. The van der Waals surface area contributed by atoms with Gasteiger partial charge < -0.3 is 10.1 Å². The van der Waals surface area contributed by atoms with Crippen LogP contribution in [-0.2, 0) is 24.3 Å². The number of carbonyl (C=O) groups excluding carboxylic acids is 2. The first-order valence-corrected chi connectivity index (χ1v) is 11.0. The van der Waals surface area contributed by atoms with E-state index in [4.69, 9.17) is 4.74 Å². The molecule has 2 N–H and O–H groups in total. The van der Waals surface area contributed by atoms with E-state index in [1.54, 1.807) is 12.1 Å². The minimum Gasteiger partial charge on any atom is -0.466 e. The van der Waals surface area contributed by atoms with Crippen molar-refractivity contribution in [2.45, 2.75) is 76.8 Å². The Morgan fingerprint density at radius 1 is 1.11 bits per heavy atom. The van der Waals surface area contributed by atoms with Crippen LogP contribution in [0.3, 0.4) is 0 Å². The molecule has 1 atom stereocenters. The summed E-state index contributed by atoms with van der Waals surface area (Å²) in [6.45, 7) is 9.60. The molecule has 0 saturated heterocycles. The Labute approximate surface area is 168 Å². The number of sulfonamides is 1. The Hall–Kier alpha value is -1.93. The van der Waals surface area contributed by atoms with Gasteiger partial charge in [0.2, 0.25) is 15.9 Å². The van der Waals surface area contributed by atoms with Crippen molar-refractivity contribution >= 4 is 21.9 Å². The molecule has 0 saturated carbocycles. The van der Waals surface area contributed by atoms with Crippen LogP contribution in [0.4, 0.5) is 0 Å². The fourth-order valence-corrected chi connectivity index (χ4v) is 3.68. The Bertz CT molecular complexity index is 752. The van der Waals surface area contributed by atoms with E-state index in [2.05, 4.69) is 10.0 Å². The number of carbonyl (C=O) groups is 2. The van der Waals surface area contributed by atoms with E-state index >= 15 is 0 Å². The van der Waals surface area contributed by atoms with E-state index in [1.807, 2.05) is 34.6 Å². The average Bonchev–Trinajstić information content (AvgIpc) is 2.53. The van der Waals surface area contributed by atoms with Crippen molar-refractivity contribution in [2.75, 3.05) is 6.61 Å². The molecule has 0 spiro atoms. The second kappa shape index (κ2) is 10.6. The molecule has 158 valence electrons. The number of hydrogen-bond acceptors (Lipinski definition) is 5. The van der Waals surface area contributed by atoms with Gasteiger partial charge in [-0.3, -0.25) is 9.59 Å². The standard InChI is InChI=1S/C20H32N2O5S/c1-6-7-12-27-19(24)14-16(13-18(23)21-20(3,4)5)22-28(25,26)17-10-8-15(2)9-11-17/h8-11,16,22H,6-7,12-14H2,1-5H3,(H,21,23)/t16-/m1/s1. The van der Waals surface area contributed by atoms with Gasteiger partial charge in [-0.2, -0.15) is 0 Å². The van der Waals surface area contributed by atoms with Crippen LogP contribution in [0.2, 0.25) is 0 Å². The van der Waals surface area contributed by atoms with Crippen molar-refractivity contribution in [1.82, 2.24) is 10.0 Å². The second-order valence-corrected chi connectivity index (χ2v) is 9.63. The smallest absolute Gasteiger partial charge is 0.307 e. The number of nitrogens with one attached hydrogen (secondary N) is 2. The third-order valence-corrected chi connectivity index (χ3v) is 5.31. The Morgan fingerprint density at radius 3 is 2.25 bits per heavy atom. The first-order valence-electron chi connectivity index (χ1n) is 9.48. The summed E-state index contributed by atoms with van der Waals surface area (Å²) in [7, 11) is -3.87. The molecule has 1 amide bonds. The van der Waals surface area contributed by atoms with E-state index in [-0.39, 0.29) is 30.3 Å². The third-order valence-electron chi connectivity index (χ3n) is 3.77. The first-order chi connectivity index (χ1) is 12.9. The third kappa shape index (κ3) is 9.32. The predicted molar refractivity (Wildman–Crippen MR) is 108 cm³/mol. The lowest BCUT2D eigenvalue weighted by molar-refractivity contribution is -0.144. The lowest BCUT2D eigenvalue weighted by atomic mass is 10.1. The maximum Gasteiger partial charge on any atom is 0.307 e. The summed E-state index contributed by atoms with van der Waals surface area (Å²) in [5, 5.41) is 2.78. The van der Waals surface area contributed by atoms with Gasteiger partial charge in [0, 0.05) is 18.0 Å². The largest absolute Gasteiger partial charge is 0.466 e. The lowest BCUT2D eigenvalue weighted by Crippen LogP contribution is -2.45. The van der Waals surface area contributed by atoms with E-state index in [0.29, 0.717) is 0 Å². The monoisotopic (exact) mass is 412 g/mol. The van der Waals surface area contributed by atoms with Gasteiger partial charge in [-0.25, -0.2) is 13.1 Å². The number of ether oxygens (including phenoxy) is 1. The summed E-state index contributed by atoms with van der Waals surface area (Å²) in [5.74, 6) is -0.876. The molecular weight excluding hydrogens is 380 g/mol. The summed E-state index contributed by atoms with van der Waals surface area (Å²) in [5.41, 5.74) is 0.471. The number of amides is 1. The summed E-state index contributed by atoms with van der Waals surface area (Å²) in [6, 6.07) is 5.46. The van der Waals surface area contributed by atoms with E-state index in [0.717, 1.165) is 18.4 Å². The van der Waals surface area contributed by atoms with E-state index < -0.39 is 27.6 Å². The fraction of sp³-hybridized carbons (Fsp3) is 0.600. The molecule has 0 radical (unpaired) electrons. The second-order valence-electron chi connectivity index (χ2n) is 7.91. The van der Waals surface area contributed by atoms with Crippen LogP contribution in [0.1, 0.15) is 58.9 Å². The van der Waals surface area contributed by atoms with Crippen LogP contribution in [-0.4, -0.2) is 38.5 Å². The number of esters is 1. The molecule has 0 aliphatic carbocycles. The molecular formula is C20H32N2O5S. The molecule has 1 rings (SSSR count). The Morgan fingerprint density at radius 2 is 1.71 bits per heavy atom. The highest BCUT2D eigenvalue weighted by atomic mass is 32.2. The van der Waals surface area contributed by atoms with Crippen molar-refractivity contribution < 1.29 is 22.7 Å². The molecule has 0 bridgehead atoms. The van der Waals surface area contributed by atoms with Crippen LogP contribution in [0.15, 0.2) is 29.2 Å². The van der Waals surface area contributed by atoms with Gasteiger partial charge in [-0.15, -0.1) is 0 Å². The van der Waals surface area contributed by atoms with Crippen molar-refractivity contribution in [3.63, 3.8) is 0 Å². The van der Waals surface area contributed by atoms with Crippen LogP contribution < -0.4 is 10.0 Å². The number of aryl methyl sites for hydroxylation is 1. The van der Waals surface area contributed by atoms with Gasteiger partial charge in [0.15, 0.2) is 0 Å². The maximum absolute atomic E-state index is 12.7. The molecule has 28 heavy (non-hydrogen) atoms. The minimum atomic E-state index is -3.87. The van der Waals surface area contributed by atoms with Gasteiger partial charge in [0.1, 0.15) is 0 Å². The number of rotatable bonds is 10. The summed E-state index contributed by atoms with van der Waals surface area (Å²) < 4.78 is 32.9. The van der Waals surface area contributed by atoms with Crippen molar-refractivity contribution in [3.8, 4) is 0 Å². The van der Waals surface area contributed by atoms with Gasteiger partial charge >= 0.3 is 5.97 Å². The van der Waals surface area contributed by atoms with E-state index in [1.165, 1.54) is 12.1 Å². The number of benzene rings is 1. The van der Waals surface area contributed by atoms with E-state index in [9.17, 15) is 18.0 Å². The minimum absolute atomic E-state index is 0.0821. The molecule has 1 aromatic carbocycles. The maximum atomic E-state index is 12.7. The predicted octanol–water partition coefficient (Wildman–Crippen LogP) is 2.68. The molecule has 8 heteroatoms. The Kier molecular flexibility index (Phi) is 9.10. The molecule has 0 fully saturated rings.